The van der Waals surface area contributed by atoms with Gasteiger partial charge in [0.05, 0.1) is 25.4 Å². The van der Waals surface area contributed by atoms with Crippen molar-refractivity contribution in [3.05, 3.63) is 59.8 Å². The molecule has 0 radical (unpaired) electrons. The number of ether oxygens (including phenoxy) is 4. The number of esters is 1. The van der Waals surface area contributed by atoms with Crippen LogP contribution >= 0.6 is 0 Å². The largest absolute Gasteiger partial charge is 0.490 e. The lowest BCUT2D eigenvalue weighted by molar-refractivity contribution is 0.0463. The van der Waals surface area contributed by atoms with Crippen molar-refractivity contribution < 1.29 is 32.7 Å². The van der Waals surface area contributed by atoms with Gasteiger partial charge in [0.1, 0.15) is 17.9 Å². The molecule has 0 unspecified atom stereocenters. The summed E-state index contributed by atoms with van der Waals surface area (Å²) in [5.74, 6) is 1.76. The molecule has 2 aromatic heterocycles. The van der Waals surface area contributed by atoms with Gasteiger partial charge in [0, 0.05) is 11.5 Å². The molecule has 0 aliphatic carbocycles. The van der Waals surface area contributed by atoms with E-state index in [1.165, 1.54) is 0 Å². The number of benzene rings is 2. The third-order valence-electron chi connectivity index (χ3n) is 4.72. The number of para-hydroxylation sites is 1. The SMILES string of the molecule is CCOc1cc(C(=O)OCc2cc(-c3cc4ccccc4o3)on2)cc(OCC)c1OCC. The van der Waals surface area contributed by atoms with Crippen molar-refractivity contribution in [2.45, 2.75) is 27.4 Å². The first-order valence-electron chi connectivity index (χ1n) is 10.8. The molecule has 0 aliphatic rings. The number of hydrogen-bond donors (Lipinski definition) is 0. The van der Waals surface area contributed by atoms with Gasteiger partial charge in [-0.3, -0.25) is 0 Å². The highest BCUT2D eigenvalue weighted by Crippen LogP contribution is 2.39. The van der Waals surface area contributed by atoms with E-state index < -0.39 is 5.97 Å². The number of fused-ring (bicyclic) bond motifs is 1. The first-order valence-corrected chi connectivity index (χ1v) is 10.8. The highest BCUT2D eigenvalue weighted by Gasteiger charge is 2.20. The first kappa shape index (κ1) is 22.3. The monoisotopic (exact) mass is 451 g/mol. The number of carbonyl (C=O) groups excluding carboxylic acids is 1. The standard InChI is InChI=1S/C25H25NO7/c1-4-28-22-12-17(13-23(29-5-2)24(22)30-6-3)25(27)31-15-18-14-21(33-26-18)20-11-16-9-7-8-10-19(16)32-20/h7-14H,4-6,15H2,1-3H3. The number of aromatic nitrogens is 1. The quantitative estimate of drug-likeness (QED) is 0.286. The second kappa shape index (κ2) is 10.1. The van der Waals surface area contributed by atoms with Gasteiger partial charge in [0.15, 0.2) is 17.3 Å². The molecule has 2 heterocycles. The molecule has 0 saturated carbocycles. The molecule has 0 aliphatic heterocycles. The molecule has 0 bridgehead atoms. The highest BCUT2D eigenvalue weighted by molar-refractivity contribution is 5.91. The summed E-state index contributed by atoms with van der Waals surface area (Å²) in [6.07, 6.45) is 0. The molecule has 0 N–H and O–H groups in total. The fraction of sp³-hybridized carbons (Fsp3) is 0.280. The number of carbonyl (C=O) groups is 1. The number of nitrogens with zero attached hydrogens (tertiary/aromatic N) is 1. The molecule has 172 valence electrons. The highest BCUT2D eigenvalue weighted by atomic mass is 16.5. The van der Waals surface area contributed by atoms with Crippen LogP contribution < -0.4 is 14.2 Å². The van der Waals surface area contributed by atoms with E-state index in [2.05, 4.69) is 5.16 Å². The van der Waals surface area contributed by atoms with Crippen LogP contribution in [0.15, 0.2) is 57.5 Å². The summed E-state index contributed by atoms with van der Waals surface area (Å²) >= 11 is 0. The average Bonchev–Trinajstić information content (AvgIpc) is 3.46. The normalized spacial score (nSPS) is 10.9. The molecule has 0 saturated heterocycles. The Bertz CT molecular complexity index is 1180. The summed E-state index contributed by atoms with van der Waals surface area (Å²) in [5, 5.41) is 4.94. The molecule has 0 amide bonds. The van der Waals surface area contributed by atoms with E-state index in [0.717, 1.165) is 11.0 Å². The van der Waals surface area contributed by atoms with Crippen LogP contribution in [0.25, 0.3) is 22.5 Å². The fourth-order valence-electron chi connectivity index (χ4n) is 3.33. The van der Waals surface area contributed by atoms with Crippen LogP contribution in [-0.2, 0) is 11.3 Å². The van der Waals surface area contributed by atoms with Crippen molar-refractivity contribution in [3.8, 4) is 28.8 Å². The lowest BCUT2D eigenvalue weighted by Gasteiger charge is -2.16. The smallest absolute Gasteiger partial charge is 0.338 e. The van der Waals surface area contributed by atoms with Crippen molar-refractivity contribution in [3.63, 3.8) is 0 Å². The van der Waals surface area contributed by atoms with Gasteiger partial charge >= 0.3 is 5.97 Å². The Balaban J connectivity index is 1.49. The Labute approximate surface area is 191 Å². The summed E-state index contributed by atoms with van der Waals surface area (Å²) in [5.41, 5.74) is 1.49. The van der Waals surface area contributed by atoms with E-state index in [-0.39, 0.29) is 12.2 Å². The molecule has 0 spiro atoms. The van der Waals surface area contributed by atoms with Crippen molar-refractivity contribution in [2.24, 2.45) is 0 Å². The minimum atomic E-state index is -0.548. The van der Waals surface area contributed by atoms with E-state index in [1.807, 2.05) is 51.1 Å². The fourth-order valence-corrected chi connectivity index (χ4v) is 3.33. The van der Waals surface area contributed by atoms with E-state index in [9.17, 15) is 4.79 Å². The molecule has 8 heteroatoms. The van der Waals surface area contributed by atoms with Gasteiger partial charge in [0.2, 0.25) is 11.5 Å². The van der Waals surface area contributed by atoms with E-state index >= 15 is 0 Å². The molecular weight excluding hydrogens is 426 g/mol. The van der Waals surface area contributed by atoms with Crippen LogP contribution in [0.1, 0.15) is 36.8 Å². The zero-order valence-electron chi connectivity index (χ0n) is 18.8. The Morgan fingerprint density at radius 2 is 1.58 bits per heavy atom. The lowest BCUT2D eigenvalue weighted by atomic mass is 10.2. The third kappa shape index (κ3) is 4.95. The van der Waals surface area contributed by atoms with E-state index in [1.54, 1.807) is 18.2 Å². The number of hydrogen-bond acceptors (Lipinski definition) is 8. The Hall–Kier alpha value is -3.94. The maximum absolute atomic E-state index is 12.7. The summed E-state index contributed by atoms with van der Waals surface area (Å²) in [6.45, 7) is 6.76. The van der Waals surface area contributed by atoms with E-state index in [4.69, 9.17) is 27.9 Å². The minimum Gasteiger partial charge on any atom is -0.490 e. The predicted molar refractivity (Wildman–Crippen MR) is 121 cm³/mol. The molecule has 8 nitrogen and oxygen atoms in total. The van der Waals surface area contributed by atoms with Crippen LogP contribution in [0, 0.1) is 0 Å². The van der Waals surface area contributed by atoms with Crippen LogP contribution in [0.4, 0.5) is 0 Å². The van der Waals surface area contributed by atoms with E-state index in [0.29, 0.717) is 54.3 Å². The summed E-state index contributed by atoms with van der Waals surface area (Å²) < 4.78 is 33.6. The molecule has 4 aromatic rings. The zero-order chi connectivity index (χ0) is 23.2. The molecular formula is C25H25NO7. The van der Waals surface area contributed by atoms with Gasteiger partial charge in [-0.25, -0.2) is 4.79 Å². The minimum absolute atomic E-state index is 0.0658. The van der Waals surface area contributed by atoms with Crippen molar-refractivity contribution in [2.75, 3.05) is 19.8 Å². The Morgan fingerprint density at radius 1 is 0.879 bits per heavy atom. The Kier molecular flexibility index (Phi) is 6.83. The summed E-state index contributed by atoms with van der Waals surface area (Å²) in [6, 6.07) is 14.4. The number of furan rings is 1. The summed E-state index contributed by atoms with van der Waals surface area (Å²) in [4.78, 5) is 12.7. The van der Waals surface area contributed by atoms with Crippen LogP contribution in [0.2, 0.25) is 0 Å². The maximum Gasteiger partial charge on any atom is 0.338 e. The molecule has 0 atom stereocenters. The topological polar surface area (TPSA) is 93.2 Å². The van der Waals surface area contributed by atoms with Crippen molar-refractivity contribution in [1.82, 2.24) is 5.16 Å². The van der Waals surface area contributed by atoms with Crippen molar-refractivity contribution >= 4 is 16.9 Å². The van der Waals surface area contributed by atoms with Gasteiger partial charge in [-0.1, -0.05) is 23.4 Å². The van der Waals surface area contributed by atoms with Crippen LogP contribution in [0.5, 0.6) is 17.2 Å². The average molecular weight is 451 g/mol. The number of rotatable bonds is 10. The van der Waals surface area contributed by atoms with Gasteiger partial charge in [-0.2, -0.15) is 0 Å². The predicted octanol–water partition coefficient (Wildman–Crippen LogP) is 5.64. The lowest BCUT2D eigenvalue weighted by Crippen LogP contribution is -2.09. The zero-order valence-corrected chi connectivity index (χ0v) is 18.8. The maximum atomic E-state index is 12.7. The first-order chi connectivity index (χ1) is 16.1. The molecule has 0 fully saturated rings. The third-order valence-corrected chi connectivity index (χ3v) is 4.72. The van der Waals surface area contributed by atoms with Gasteiger partial charge in [-0.05, 0) is 45.0 Å². The van der Waals surface area contributed by atoms with Crippen LogP contribution in [-0.4, -0.2) is 30.9 Å². The molecule has 4 rings (SSSR count). The Morgan fingerprint density at radius 3 is 2.24 bits per heavy atom. The second-order valence-corrected chi connectivity index (χ2v) is 7.01. The van der Waals surface area contributed by atoms with Gasteiger partial charge in [0.25, 0.3) is 0 Å². The van der Waals surface area contributed by atoms with Crippen LogP contribution in [0.3, 0.4) is 0 Å². The van der Waals surface area contributed by atoms with Gasteiger partial charge < -0.3 is 27.9 Å². The van der Waals surface area contributed by atoms with Crippen molar-refractivity contribution in [1.29, 1.82) is 0 Å². The second-order valence-electron chi connectivity index (χ2n) is 7.01. The van der Waals surface area contributed by atoms with Gasteiger partial charge in [-0.15, -0.1) is 0 Å². The molecule has 33 heavy (non-hydrogen) atoms. The molecule has 2 aromatic carbocycles. The summed E-state index contributed by atoms with van der Waals surface area (Å²) in [7, 11) is 0.